The topological polar surface area (TPSA) is 70.6 Å². The van der Waals surface area contributed by atoms with Gasteiger partial charge in [0, 0.05) is 23.2 Å². The number of halogens is 3. The SMILES string of the molecule is Cc1cc(C(F)(F)F)cc(O)c1-c1cnc2c(n1)=N/[N+](=C/C1CCO[C@@H](C)C1)C=2. The molecule has 1 fully saturated rings. The maximum Gasteiger partial charge on any atom is 0.416 e. The summed E-state index contributed by atoms with van der Waals surface area (Å²) in [6.07, 6.45) is 2.66. The predicted octanol–water partition coefficient (Wildman–Crippen LogP) is 2.36. The highest BCUT2D eigenvalue weighted by Crippen LogP contribution is 2.37. The molecule has 1 saturated heterocycles. The van der Waals surface area contributed by atoms with E-state index in [-0.39, 0.29) is 22.9 Å². The summed E-state index contributed by atoms with van der Waals surface area (Å²) in [5.74, 6) is -0.165. The summed E-state index contributed by atoms with van der Waals surface area (Å²) < 4.78 is 46.1. The van der Waals surface area contributed by atoms with Crippen LogP contribution in [0.5, 0.6) is 5.75 Å². The fourth-order valence-corrected chi connectivity index (χ4v) is 3.66. The summed E-state index contributed by atoms with van der Waals surface area (Å²) >= 11 is 0. The van der Waals surface area contributed by atoms with Gasteiger partial charge in [0.05, 0.1) is 23.6 Å². The Labute approximate surface area is 164 Å². The summed E-state index contributed by atoms with van der Waals surface area (Å²) in [6.45, 7) is 4.24. The first-order chi connectivity index (χ1) is 13.7. The molecule has 2 aromatic rings. The summed E-state index contributed by atoms with van der Waals surface area (Å²) in [7, 11) is 0. The van der Waals surface area contributed by atoms with Crippen molar-refractivity contribution in [1.82, 2.24) is 9.97 Å². The molecule has 2 aliphatic heterocycles. The van der Waals surface area contributed by atoms with Crippen molar-refractivity contribution in [2.45, 2.75) is 39.0 Å². The third-order valence-electron chi connectivity index (χ3n) is 5.03. The highest BCUT2D eigenvalue weighted by molar-refractivity contribution is 5.70. The number of aromatic hydroxyl groups is 1. The fraction of sp³-hybridized carbons (Fsp3) is 0.400. The summed E-state index contributed by atoms with van der Waals surface area (Å²) in [4.78, 5) is 8.72. The lowest BCUT2D eigenvalue weighted by atomic mass is 9.98. The van der Waals surface area contributed by atoms with Crippen LogP contribution in [0.15, 0.2) is 23.4 Å². The smallest absolute Gasteiger partial charge is 0.416 e. The molecular weight excluding hydrogens is 385 g/mol. The molecule has 1 aromatic heterocycles. The van der Waals surface area contributed by atoms with E-state index in [4.69, 9.17) is 4.74 Å². The minimum absolute atomic E-state index is 0.198. The molecule has 2 aliphatic rings. The normalized spacial score (nSPS) is 22.9. The minimum Gasteiger partial charge on any atom is -0.507 e. The van der Waals surface area contributed by atoms with Gasteiger partial charge in [-0.05, 0) is 44.4 Å². The number of ether oxygens (including phenoxy) is 1. The van der Waals surface area contributed by atoms with Gasteiger partial charge in [-0.15, -0.1) is 0 Å². The van der Waals surface area contributed by atoms with Gasteiger partial charge in [0.15, 0.2) is 11.6 Å². The standard InChI is InChI=1S/C20H19F3N4O2/c1-11-5-14(20(21,22)23)7-17(28)18(11)15-8-24-16-10-27(26-19(16)25-15)9-13-3-4-29-12(2)6-13/h5,7-10,12-13H,3-4,6H2,1-2H3/p+1/b27-9+/t12-,13?/m0/s1. The first kappa shape index (κ1) is 19.5. The van der Waals surface area contributed by atoms with Gasteiger partial charge in [0.1, 0.15) is 5.75 Å². The van der Waals surface area contributed by atoms with Gasteiger partial charge in [-0.3, -0.25) is 0 Å². The summed E-state index contributed by atoms with van der Waals surface area (Å²) in [5, 5.41) is 15.2. The van der Waals surface area contributed by atoms with Crippen LogP contribution < -0.4 is 10.8 Å². The second-order valence-electron chi connectivity index (χ2n) is 7.37. The van der Waals surface area contributed by atoms with Crippen LogP contribution in [0.25, 0.3) is 17.5 Å². The molecule has 3 heterocycles. The molecule has 9 heteroatoms. The number of hydrogen-bond donors (Lipinski definition) is 1. The molecule has 2 atom stereocenters. The zero-order valence-corrected chi connectivity index (χ0v) is 15.9. The molecule has 29 heavy (non-hydrogen) atoms. The maximum atomic E-state index is 12.9. The Morgan fingerprint density at radius 3 is 2.79 bits per heavy atom. The first-order valence-electron chi connectivity index (χ1n) is 9.30. The highest BCUT2D eigenvalue weighted by Gasteiger charge is 2.32. The fourth-order valence-electron chi connectivity index (χ4n) is 3.66. The van der Waals surface area contributed by atoms with Gasteiger partial charge in [-0.2, -0.15) is 13.2 Å². The number of phenols is 1. The molecule has 0 spiro atoms. The van der Waals surface area contributed by atoms with Gasteiger partial charge in [-0.1, -0.05) is 4.68 Å². The predicted molar refractivity (Wildman–Crippen MR) is 98.6 cm³/mol. The quantitative estimate of drug-likeness (QED) is 0.779. The lowest BCUT2D eigenvalue weighted by Crippen LogP contribution is -2.28. The van der Waals surface area contributed by atoms with Crippen LogP contribution in [0, 0.1) is 12.8 Å². The van der Waals surface area contributed by atoms with Crippen LogP contribution in [0.2, 0.25) is 0 Å². The number of hydrogen-bond acceptors (Lipinski definition) is 5. The van der Waals surface area contributed by atoms with Crippen LogP contribution in [-0.4, -0.2) is 38.7 Å². The van der Waals surface area contributed by atoms with Crippen molar-refractivity contribution in [3.05, 3.63) is 40.3 Å². The number of phenolic OH excluding ortho intramolecular Hbond substituents is 1. The third-order valence-corrected chi connectivity index (χ3v) is 5.03. The number of alkyl halides is 3. The van der Waals surface area contributed by atoms with Gasteiger partial charge in [-0.25, -0.2) is 9.97 Å². The van der Waals surface area contributed by atoms with Crippen molar-refractivity contribution in [2.24, 2.45) is 11.0 Å². The van der Waals surface area contributed by atoms with E-state index in [0.717, 1.165) is 18.9 Å². The average Bonchev–Trinajstić information content (AvgIpc) is 3.02. The van der Waals surface area contributed by atoms with Gasteiger partial charge in [0.25, 0.3) is 5.49 Å². The summed E-state index contributed by atoms with van der Waals surface area (Å²) in [5.41, 5.74) is 0.191. The molecule has 1 aromatic carbocycles. The molecule has 0 saturated carbocycles. The lowest BCUT2D eigenvalue weighted by Gasteiger charge is -2.22. The van der Waals surface area contributed by atoms with Crippen molar-refractivity contribution in [3.63, 3.8) is 0 Å². The second-order valence-corrected chi connectivity index (χ2v) is 7.37. The molecule has 0 amide bonds. The van der Waals surface area contributed by atoms with Gasteiger partial charge >= 0.3 is 6.18 Å². The lowest BCUT2D eigenvalue weighted by molar-refractivity contribution is -0.425. The van der Waals surface area contributed by atoms with Crippen LogP contribution in [0.4, 0.5) is 13.2 Å². The zero-order valence-electron chi connectivity index (χ0n) is 15.9. The minimum atomic E-state index is -4.54. The van der Waals surface area contributed by atoms with E-state index in [1.165, 1.54) is 13.1 Å². The number of benzene rings is 1. The van der Waals surface area contributed by atoms with Crippen molar-refractivity contribution < 1.29 is 27.7 Å². The Balaban J connectivity index is 1.69. The van der Waals surface area contributed by atoms with E-state index >= 15 is 0 Å². The average molecular weight is 405 g/mol. The Morgan fingerprint density at radius 1 is 1.31 bits per heavy atom. The largest absolute Gasteiger partial charge is 0.507 e. The summed E-state index contributed by atoms with van der Waals surface area (Å²) in [6, 6.07) is 1.69. The third kappa shape index (κ3) is 4.00. The maximum absolute atomic E-state index is 12.9. The molecule has 0 bridgehead atoms. The number of aryl methyl sites for hydroxylation is 1. The van der Waals surface area contributed by atoms with E-state index < -0.39 is 17.5 Å². The van der Waals surface area contributed by atoms with Crippen molar-refractivity contribution >= 4 is 12.4 Å². The Morgan fingerprint density at radius 2 is 2.10 bits per heavy atom. The molecule has 0 aliphatic carbocycles. The molecule has 1 unspecified atom stereocenters. The van der Waals surface area contributed by atoms with Crippen LogP contribution in [-0.2, 0) is 10.9 Å². The molecular formula is C20H20F3N4O2+. The Kier molecular flexibility index (Phi) is 4.85. The molecule has 1 N–H and O–H groups in total. The van der Waals surface area contributed by atoms with E-state index in [2.05, 4.69) is 15.1 Å². The zero-order chi connectivity index (χ0) is 20.8. The number of nitrogens with zero attached hydrogens (tertiary/aromatic N) is 4. The van der Waals surface area contributed by atoms with Crippen LogP contribution >= 0.6 is 0 Å². The second kappa shape index (κ2) is 7.22. The van der Waals surface area contributed by atoms with Crippen molar-refractivity contribution in [1.29, 1.82) is 0 Å². The van der Waals surface area contributed by atoms with E-state index in [1.54, 1.807) is 10.9 Å². The number of rotatable bonds is 2. The molecule has 152 valence electrons. The Hall–Kier alpha value is -2.81. The van der Waals surface area contributed by atoms with E-state index in [0.29, 0.717) is 29.4 Å². The molecule has 6 nitrogen and oxygen atoms in total. The van der Waals surface area contributed by atoms with Crippen LogP contribution in [0.1, 0.15) is 30.9 Å². The molecule has 4 rings (SSSR count). The molecule has 0 radical (unpaired) electrons. The van der Waals surface area contributed by atoms with Crippen molar-refractivity contribution in [2.75, 3.05) is 6.61 Å². The van der Waals surface area contributed by atoms with Gasteiger partial charge < -0.3 is 9.84 Å². The van der Waals surface area contributed by atoms with Crippen LogP contribution in [0.3, 0.4) is 0 Å². The van der Waals surface area contributed by atoms with Crippen molar-refractivity contribution in [3.8, 4) is 17.0 Å². The number of aromatic nitrogens is 2. The van der Waals surface area contributed by atoms with E-state index in [9.17, 15) is 18.3 Å². The first-order valence-corrected chi connectivity index (χ1v) is 9.30. The highest BCUT2D eigenvalue weighted by atomic mass is 19.4. The Bertz CT molecular complexity index is 1090. The number of fused-ring (bicyclic) bond motifs is 1. The van der Waals surface area contributed by atoms with Gasteiger partial charge in [0.2, 0.25) is 6.20 Å². The monoisotopic (exact) mass is 405 g/mol. The van der Waals surface area contributed by atoms with E-state index in [1.807, 2.05) is 13.1 Å².